The molecule has 1 aromatic carbocycles. The molecule has 1 aromatic heterocycles. The predicted octanol–water partition coefficient (Wildman–Crippen LogP) is 3.09. The third-order valence-electron chi connectivity index (χ3n) is 4.30. The number of aromatic amines is 1. The average molecular weight is 273 g/mol. The zero-order valence-electron chi connectivity index (χ0n) is 11.3. The first-order valence-electron chi connectivity index (χ1n) is 6.94. The van der Waals surface area contributed by atoms with Crippen molar-refractivity contribution in [1.29, 1.82) is 5.26 Å². The molecule has 0 bridgehead atoms. The molecule has 104 valence electrons. The van der Waals surface area contributed by atoms with Crippen molar-refractivity contribution in [1.82, 2.24) is 9.55 Å². The van der Waals surface area contributed by atoms with Gasteiger partial charge in [-0.15, -0.1) is 0 Å². The van der Waals surface area contributed by atoms with E-state index in [2.05, 4.69) is 11.9 Å². The summed E-state index contributed by atoms with van der Waals surface area (Å²) in [4.78, 5) is 14.7. The Bertz CT molecular complexity index is 745. The van der Waals surface area contributed by atoms with Crippen molar-refractivity contribution in [3.8, 4) is 6.07 Å². The van der Waals surface area contributed by atoms with E-state index in [1.165, 1.54) is 6.07 Å². The monoisotopic (exact) mass is 273 g/mol. The first-order valence-corrected chi connectivity index (χ1v) is 6.94. The first-order chi connectivity index (χ1) is 9.61. The zero-order chi connectivity index (χ0) is 14.3. The minimum absolute atomic E-state index is 0.0387. The second-order valence-electron chi connectivity index (χ2n) is 5.65. The van der Waals surface area contributed by atoms with E-state index >= 15 is 0 Å². The van der Waals surface area contributed by atoms with Gasteiger partial charge in [0.2, 0.25) is 0 Å². The molecule has 1 heterocycles. The molecule has 20 heavy (non-hydrogen) atoms. The van der Waals surface area contributed by atoms with E-state index < -0.39 is 5.82 Å². The van der Waals surface area contributed by atoms with Gasteiger partial charge in [0.25, 0.3) is 0 Å². The number of hydrogen-bond donors (Lipinski definition) is 1. The molecule has 0 atom stereocenters. The zero-order valence-corrected chi connectivity index (χ0v) is 11.3. The van der Waals surface area contributed by atoms with Crippen molar-refractivity contribution in [2.75, 3.05) is 0 Å². The Balaban J connectivity index is 2.13. The quantitative estimate of drug-likeness (QED) is 0.867. The summed E-state index contributed by atoms with van der Waals surface area (Å²) in [7, 11) is 0. The molecule has 3 rings (SSSR count). The number of nitrogens with one attached hydrogen (secondary N) is 1. The van der Waals surface area contributed by atoms with Crippen LogP contribution in [0, 0.1) is 23.1 Å². The molecule has 0 spiro atoms. The Morgan fingerprint density at radius 2 is 2.05 bits per heavy atom. The summed E-state index contributed by atoms with van der Waals surface area (Å²) in [5.74, 6) is 0.0547. The van der Waals surface area contributed by atoms with Gasteiger partial charge in [0.1, 0.15) is 11.6 Å². The SMILES string of the molecule is CC1CCC(n2c(=O)[nH]c3c(F)c(C#N)ccc32)CC1. The Morgan fingerprint density at radius 3 is 2.70 bits per heavy atom. The molecule has 1 saturated carbocycles. The largest absolute Gasteiger partial charge is 0.326 e. The molecule has 0 amide bonds. The highest BCUT2D eigenvalue weighted by Crippen LogP contribution is 2.33. The summed E-state index contributed by atoms with van der Waals surface area (Å²) >= 11 is 0. The highest BCUT2D eigenvalue weighted by molar-refractivity contribution is 5.78. The number of H-pyrrole nitrogens is 1. The van der Waals surface area contributed by atoms with Gasteiger partial charge in [-0.25, -0.2) is 9.18 Å². The Morgan fingerprint density at radius 1 is 1.35 bits per heavy atom. The molecule has 1 fully saturated rings. The number of benzene rings is 1. The van der Waals surface area contributed by atoms with Crippen LogP contribution in [-0.4, -0.2) is 9.55 Å². The fourth-order valence-corrected chi connectivity index (χ4v) is 3.11. The van der Waals surface area contributed by atoms with Gasteiger partial charge in [-0.2, -0.15) is 5.26 Å². The van der Waals surface area contributed by atoms with Crippen molar-refractivity contribution in [2.45, 2.75) is 38.6 Å². The Hall–Kier alpha value is -2.09. The van der Waals surface area contributed by atoms with Gasteiger partial charge in [-0.1, -0.05) is 6.92 Å². The molecule has 4 nitrogen and oxygen atoms in total. The fraction of sp³-hybridized carbons (Fsp3) is 0.467. The number of aromatic nitrogens is 2. The maximum atomic E-state index is 14.1. The van der Waals surface area contributed by atoms with Crippen LogP contribution in [0.5, 0.6) is 0 Å². The number of nitrogens with zero attached hydrogens (tertiary/aromatic N) is 2. The van der Waals surface area contributed by atoms with Crippen molar-refractivity contribution < 1.29 is 4.39 Å². The number of halogens is 1. The summed E-state index contributed by atoms with van der Waals surface area (Å²) in [6.07, 6.45) is 4.05. The third-order valence-corrected chi connectivity index (χ3v) is 4.30. The number of fused-ring (bicyclic) bond motifs is 1. The molecule has 0 saturated heterocycles. The van der Waals surface area contributed by atoms with Gasteiger partial charge in [-0.05, 0) is 43.7 Å². The van der Waals surface area contributed by atoms with E-state index in [1.54, 1.807) is 16.7 Å². The normalized spacial score (nSPS) is 22.9. The van der Waals surface area contributed by atoms with Crippen LogP contribution in [0.3, 0.4) is 0 Å². The smallest absolute Gasteiger partial charge is 0.303 e. The second-order valence-corrected chi connectivity index (χ2v) is 5.65. The van der Waals surface area contributed by atoms with Gasteiger partial charge in [-0.3, -0.25) is 4.57 Å². The van der Waals surface area contributed by atoms with Crippen LogP contribution in [0.2, 0.25) is 0 Å². The first kappa shape index (κ1) is 12.9. The molecule has 1 aliphatic carbocycles. The van der Waals surface area contributed by atoms with Gasteiger partial charge < -0.3 is 4.98 Å². The lowest BCUT2D eigenvalue weighted by Gasteiger charge is -2.27. The fourth-order valence-electron chi connectivity index (χ4n) is 3.11. The van der Waals surface area contributed by atoms with Crippen LogP contribution >= 0.6 is 0 Å². The number of imidazole rings is 1. The molecule has 2 aromatic rings. The van der Waals surface area contributed by atoms with Gasteiger partial charge in [0.05, 0.1) is 11.1 Å². The Labute approximate surface area is 115 Å². The van der Waals surface area contributed by atoms with Crippen LogP contribution < -0.4 is 5.69 Å². The molecule has 0 unspecified atom stereocenters. The van der Waals surface area contributed by atoms with Crippen LogP contribution in [0.15, 0.2) is 16.9 Å². The van der Waals surface area contributed by atoms with E-state index in [0.717, 1.165) is 25.7 Å². The molecular formula is C15H16FN3O. The summed E-state index contributed by atoms with van der Waals surface area (Å²) in [6.45, 7) is 2.22. The minimum Gasteiger partial charge on any atom is -0.303 e. The van der Waals surface area contributed by atoms with Crippen LogP contribution in [-0.2, 0) is 0 Å². The highest BCUT2D eigenvalue weighted by Gasteiger charge is 2.24. The topological polar surface area (TPSA) is 61.6 Å². The molecule has 1 N–H and O–H groups in total. The maximum absolute atomic E-state index is 14.1. The maximum Gasteiger partial charge on any atom is 0.326 e. The second kappa shape index (κ2) is 4.78. The van der Waals surface area contributed by atoms with Gasteiger partial charge in [0.15, 0.2) is 5.82 Å². The lowest BCUT2D eigenvalue weighted by molar-refractivity contribution is 0.290. The van der Waals surface area contributed by atoms with E-state index in [-0.39, 0.29) is 22.8 Å². The van der Waals surface area contributed by atoms with Crippen LogP contribution in [0.4, 0.5) is 4.39 Å². The molecule has 5 heteroatoms. The lowest BCUT2D eigenvalue weighted by Crippen LogP contribution is -2.25. The average Bonchev–Trinajstić information content (AvgIpc) is 2.78. The number of nitriles is 1. The summed E-state index contributed by atoms with van der Waals surface area (Å²) in [6, 6.07) is 5.02. The van der Waals surface area contributed by atoms with E-state index in [4.69, 9.17) is 5.26 Å². The van der Waals surface area contributed by atoms with Crippen molar-refractivity contribution in [3.63, 3.8) is 0 Å². The standard InChI is InChI=1S/C15H16FN3O/c1-9-2-5-11(6-3-9)19-12-7-4-10(8-17)13(16)14(12)18-15(19)20/h4,7,9,11H,2-3,5-6H2,1H3,(H,18,20). The molecule has 0 radical (unpaired) electrons. The van der Waals surface area contributed by atoms with Crippen molar-refractivity contribution >= 4 is 11.0 Å². The van der Waals surface area contributed by atoms with Crippen molar-refractivity contribution in [2.24, 2.45) is 5.92 Å². The number of hydrogen-bond acceptors (Lipinski definition) is 2. The third kappa shape index (κ3) is 1.92. The van der Waals surface area contributed by atoms with Crippen molar-refractivity contribution in [3.05, 3.63) is 34.0 Å². The molecule has 0 aliphatic heterocycles. The van der Waals surface area contributed by atoms with Crippen LogP contribution in [0.1, 0.15) is 44.2 Å². The predicted molar refractivity (Wildman–Crippen MR) is 73.9 cm³/mol. The number of rotatable bonds is 1. The summed E-state index contributed by atoms with van der Waals surface area (Å²) in [5, 5.41) is 8.84. The summed E-state index contributed by atoms with van der Waals surface area (Å²) in [5.41, 5.74) is 0.385. The van der Waals surface area contributed by atoms with E-state index in [1.807, 2.05) is 0 Å². The Kier molecular flexibility index (Phi) is 3.09. The van der Waals surface area contributed by atoms with Crippen LogP contribution in [0.25, 0.3) is 11.0 Å². The van der Waals surface area contributed by atoms with E-state index in [0.29, 0.717) is 11.4 Å². The molecular weight excluding hydrogens is 257 g/mol. The minimum atomic E-state index is -0.634. The lowest BCUT2D eigenvalue weighted by atomic mass is 9.87. The molecule has 1 aliphatic rings. The highest BCUT2D eigenvalue weighted by atomic mass is 19.1. The van der Waals surface area contributed by atoms with Gasteiger partial charge >= 0.3 is 5.69 Å². The summed E-state index contributed by atoms with van der Waals surface area (Å²) < 4.78 is 15.7. The van der Waals surface area contributed by atoms with Gasteiger partial charge in [0, 0.05) is 6.04 Å². The van der Waals surface area contributed by atoms with E-state index in [9.17, 15) is 9.18 Å².